The SMILES string of the molecule is OC1CC2(C1)CN(c1ccc(F)cc1C(F)(F)F)C2. The van der Waals surface area contributed by atoms with Crippen molar-refractivity contribution in [2.24, 2.45) is 5.41 Å². The minimum Gasteiger partial charge on any atom is -0.393 e. The molecule has 1 spiro atoms. The van der Waals surface area contributed by atoms with Crippen LogP contribution >= 0.6 is 0 Å². The Bertz CT molecular complexity index is 500. The highest BCUT2D eigenvalue weighted by Crippen LogP contribution is 2.51. The predicted octanol–water partition coefficient (Wildman–Crippen LogP) is 2.81. The topological polar surface area (TPSA) is 23.5 Å². The smallest absolute Gasteiger partial charge is 0.393 e. The molecule has 0 aromatic heterocycles. The number of halogens is 4. The largest absolute Gasteiger partial charge is 0.418 e. The van der Waals surface area contributed by atoms with E-state index >= 15 is 0 Å². The first-order chi connectivity index (χ1) is 8.79. The van der Waals surface area contributed by atoms with E-state index < -0.39 is 17.6 Å². The number of hydrogen-bond acceptors (Lipinski definition) is 2. The molecular weight excluding hydrogens is 262 g/mol. The van der Waals surface area contributed by atoms with Gasteiger partial charge in [-0.1, -0.05) is 0 Å². The second kappa shape index (κ2) is 3.85. The molecule has 0 radical (unpaired) electrons. The third kappa shape index (κ3) is 2.08. The van der Waals surface area contributed by atoms with Crippen molar-refractivity contribution in [2.45, 2.75) is 25.1 Å². The van der Waals surface area contributed by atoms with Gasteiger partial charge in [0.05, 0.1) is 11.7 Å². The quantitative estimate of drug-likeness (QED) is 0.797. The first-order valence-corrected chi connectivity index (χ1v) is 6.09. The number of anilines is 1. The highest BCUT2D eigenvalue weighted by molar-refractivity contribution is 5.58. The molecule has 0 unspecified atom stereocenters. The molecule has 0 atom stereocenters. The van der Waals surface area contributed by atoms with Crippen LogP contribution < -0.4 is 4.90 Å². The molecule has 1 aliphatic carbocycles. The molecule has 1 aromatic rings. The van der Waals surface area contributed by atoms with E-state index in [-0.39, 0.29) is 17.2 Å². The van der Waals surface area contributed by atoms with E-state index in [1.165, 1.54) is 6.07 Å². The molecule has 1 saturated carbocycles. The number of nitrogens with zero attached hydrogens (tertiary/aromatic N) is 1. The van der Waals surface area contributed by atoms with Gasteiger partial charge in [0.2, 0.25) is 0 Å². The molecule has 2 aliphatic rings. The molecule has 2 fully saturated rings. The van der Waals surface area contributed by atoms with Crippen LogP contribution in [-0.4, -0.2) is 24.3 Å². The summed E-state index contributed by atoms with van der Waals surface area (Å²) in [4.78, 5) is 1.61. The molecule has 3 rings (SSSR count). The molecule has 1 aromatic carbocycles. The molecule has 0 bridgehead atoms. The Labute approximate surface area is 107 Å². The Morgan fingerprint density at radius 2 is 1.84 bits per heavy atom. The van der Waals surface area contributed by atoms with Gasteiger partial charge in [-0.3, -0.25) is 0 Å². The number of benzene rings is 1. The second-order valence-corrected chi connectivity index (χ2v) is 5.58. The zero-order valence-corrected chi connectivity index (χ0v) is 10.0. The first kappa shape index (κ1) is 12.7. The maximum absolute atomic E-state index is 13.0. The van der Waals surface area contributed by atoms with Gasteiger partial charge in [-0.2, -0.15) is 13.2 Å². The van der Waals surface area contributed by atoms with Gasteiger partial charge in [-0.05, 0) is 31.0 Å². The second-order valence-electron chi connectivity index (χ2n) is 5.58. The van der Waals surface area contributed by atoms with E-state index in [1.807, 2.05) is 0 Å². The Morgan fingerprint density at radius 3 is 2.37 bits per heavy atom. The molecular formula is C13H13F4NO. The molecule has 6 heteroatoms. The fourth-order valence-corrected chi connectivity index (χ4v) is 3.14. The molecule has 1 heterocycles. The van der Waals surface area contributed by atoms with Crippen LogP contribution in [0.4, 0.5) is 23.2 Å². The van der Waals surface area contributed by atoms with Crippen LogP contribution in [0.1, 0.15) is 18.4 Å². The molecule has 19 heavy (non-hydrogen) atoms. The molecule has 104 valence electrons. The standard InChI is InChI=1S/C13H13F4NO/c14-8-1-2-11(10(3-8)13(15,16)17)18-6-12(7-18)4-9(19)5-12/h1-3,9,19H,4-7H2. The van der Waals surface area contributed by atoms with E-state index in [9.17, 15) is 22.7 Å². The Hall–Kier alpha value is -1.30. The summed E-state index contributed by atoms with van der Waals surface area (Å²) in [6.45, 7) is 0.998. The zero-order valence-electron chi connectivity index (χ0n) is 10.0. The van der Waals surface area contributed by atoms with Crippen molar-refractivity contribution in [3.8, 4) is 0 Å². The van der Waals surface area contributed by atoms with Crippen LogP contribution in [0.5, 0.6) is 0 Å². The lowest BCUT2D eigenvalue weighted by atomic mass is 9.61. The number of rotatable bonds is 1. The summed E-state index contributed by atoms with van der Waals surface area (Å²) >= 11 is 0. The van der Waals surface area contributed by atoms with Crippen molar-refractivity contribution in [3.05, 3.63) is 29.6 Å². The Balaban J connectivity index is 1.83. The van der Waals surface area contributed by atoms with Crippen LogP contribution in [0.3, 0.4) is 0 Å². The molecule has 1 saturated heterocycles. The van der Waals surface area contributed by atoms with Crippen LogP contribution in [-0.2, 0) is 6.18 Å². The van der Waals surface area contributed by atoms with Crippen molar-refractivity contribution >= 4 is 5.69 Å². The van der Waals surface area contributed by atoms with Crippen molar-refractivity contribution in [1.82, 2.24) is 0 Å². The fourth-order valence-electron chi connectivity index (χ4n) is 3.14. The number of alkyl halides is 3. The van der Waals surface area contributed by atoms with Gasteiger partial charge in [-0.25, -0.2) is 4.39 Å². The minimum atomic E-state index is -4.56. The van der Waals surface area contributed by atoms with Crippen molar-refractivity contribution in [2.75, 3.05) is 18.0 Å². The number of aliphatic hydroxyl groups excluding tert-OH is 1. The van der Waals surface area contributed by atoms with Crippen LogP contribution in [0.2, 0.25) is 0 Å². The lowest BCUT2D eigenvalue weighted by Gasteiger charge is -2.59. The van der Waals surface area contributed by atoms with Crippen molar-refractivity contribution in [1.29, 1.82) is 0 Å². The predicted molar refractivity (Wildman–Crippen MR) is 61.3 cm³/mol. The molecule has 1 N–H and O–H groups in total. The van der Waals surface area contributed by atoms with Crippen LogP contribution in [0.15, 0.2) is 18.2 Å². The van der Waals surface area contributed by atoms with Gasteiger partial charge in [0, 0.05) is 24.2 Å². The summed E-state index contributed by atoms with van der Waals surface area (Å²) in [5.74, 6) is -0.884. The van der Waals surface area contributed by atoms with Gasteiger partial charge in [0.25, 0.3) is 0 Å². The van der Waals surface area contributed by atoms with Gasteiger partial charge < -0.3 is 10.0 Å². The fraction of sp³-hybridized carbons (Fsp3) is 0.538. The van der Waals surface area contributed by atoms with E-state index in [2.05, 4.69) is 0 Å². The van der Waals surface area contributed by atoms with Gasteiger partial charge in [0.1, 0.15) is 5.82 Å². The highest BCUT2D eigenvalue weighted by Gasteiger charge is 2.53. The summed E-state index contributed by atoms with van der Waals surface area (Å²) in [6.07, 6.45) is -3.59. The minimum absolute atomic E-state index is 0.0286. The molecule has 2 nitrogen and oxygen atoms in total. The summed E-state index contributed by atoms with van der Waals surface area (Å²) in [7, 11) is 0. The third-order valence-electron chi connectivity index (χ3n) is 3.99. The van der Waals surface area contributed by atoms with E-state index in [0.29, 0.717) is 32.0 Å². The Kier molecular flexibility index (Phi) is 2.58. The molecule has 0 amide bonds. The average molecular weight is 275 g/mol. The monoisotopic (exact) mass is 275 g/mol. The number of aliphatic hydroxyl groups is 1. The molecule has 1 aliphatic heterocycles. The lowest BCUT2D eigenvalue weighted by Crippen LogP contribution is -2.64. The maximum Gasteiger partial charge on any atom is 0.418 e. The van der Waals surface area contributed by atoms with Gasteiger partial charge >= 0.3 is 6.18 Å². The van der Waals surface area contributed by atoms with Gasteiger partial charge in [0.15, 0.2) is 0 Å². The maximum atomic E-state index is 13.0. The first-order valence-electron chi connectivity index (χ1n) is 6.09. The highest BCUT2D eigenvalue weighted by atomic mass is 19.4. The van der Waals surface area contributed by atoms with Crippen LogP contribution in [0.25, 0.3) is 0 Å². The van der Waals surface area contributed by atoms with E-state index in [0.717, 1.165) is 6.07 Å². The summed E-state index contributed by atoms with van der Waals surface area (Å²) < 4.78 is 51.6. The third-order valence-corrected chi connectivity index (χ3v) is 3.99. The normalized spacial score (nSPS) is 22.3. The summed E-state index contributed by atoms with van der Waals surface area (Å²) in [5.41, 5.74) is -0.931. The Morgan fingerprint density at radius 1 is 1.21 bits per heavy atom. The zero-order chi connectivity index (χ0) is 13.8. The average Bonchev–Trinajstić information content (AvgIpc) is 2.20. The van der Waals surface area contributed by atoms with Crippen molar-refractivity contribution in [3.63, 3.8) is 0 Å². The lowest BCUT2D eigenvalue weighted by molar-refractivity contribution is -0.137. The van der Waals surface area contributed by atoms with Gasteiger partial charge in [-0.15, -0.1) is 0 Å². The summed E-state index contributed by atoms with van der Waals surface area (Å²) in [5, 5.41) is 9.28. The van der Waals surface area contributed by atoms with Crippen molar-refractivity contribution < 1.29 is 22.7 Å². The van der Waals surface area contributed by atoms with Crippen LogP contribution in [0, 0.1) is 11.2 Å². The van der Waals surface area contributed by atoms with E-state index in [1.54, 1.807) is 4.90 Å². The van der Waals surface area contributed by atoms with E-state index in [4.69, 9.17) is 0 Å². The summed E-state index contributed by atoms with van der Waals surface area (Å²) in [6, 6.07) is 2.77. The number of hydrogen-bond donors (Lipinski definition) is 1.